The molecule has 0 unspecified atom stereocenters. The number of hydrogen-bond acceptors (Lipinski definition) is 4. The fourth-order valence-electron chi connectivity index (χ4n) is 2.33. The highest BCUT2D eigenvalue weighted by Gasteiger charge is 2.31. The predicted molar refractivity (Wildman–Crippen MR) is 97.6 cm³/mol. The monoisotopic (exact) mass is 438 g/mol. The van der Waals surface area contributed by atoms with Crippen LogP contribution in [0.2, 0.25) is 0 Å². The smallest absolute Gasteiger partial charge is 0.416 e. The van der Waals surface area contributed by atoms with Crippen molar-refractivity contribution in [2.45, 2.75) is 12.6 Å². The van der Waals surface area contributed by atoms with Crippen molar-refractivity contribution >= 4 is 43.1 Å². The Morgan fingerprint density at radius 1 is 1.19 bits per heavy atom. The average Bonchev–Trinajstić information content (AvgIpc) is 2.99. The third kappa shape index (κ3) is 3.89. The molecule has 0 atom stereocenters. The number of thiazole rings is 1. The lowest BCUT2D eigenvalue weighted by Crippen LogP contribution is -2.03. The van der Waals surface area contributed by atoms with Crippen molar-refractivity contribution in [1.29, 1.82) is 5.26 Å². The number of fused-ring (bicyclic) bond motifs is 1. The number of nitrogens with zero attached hydrogens (tertiary/aromatic N) is 2. The van der Waals surface area contributed by atoms with Crippen LogP contribution in [-0.4, -0.2) is 10.1 Å². The molecule has 0 aliphatic heterocycles. The molecule has 0 spiro atoms. The first-order chi connectivity index (χ1) is 12.3. The van der Waals surface area contributed by atoms with Crippen molar-refractivity contribution in [1.82, 2.24) is 4.98 Å². The molecule has 3 aromatic rings. The molecule has 0 amide bonds. The Labute approximate surface area is 159 Å². The molecule has 8 heteroatoms. The van der Waals surface area contributed by atoms with E-state index in [1.54, 1.807) is 12.1 Å². The second-order valence-corrected chi connectivity index (χ2v) is 7.38. The lowest BCUT2D eigenvalue weighted by atomic mass is 10.1. The molecule has 0 aliphatic carbocycles. The predicted octanol–water partition coefficient (Wildman–Crippen LogP) is 6.11. The van der Waals surface area contributed by atoms with Crippen LogP contribution in [0, 0.1) is 11.3 Å². The van der Waals surface area contributed by atoms with Gasteiger partial charge in [0.15, 0.2) is 0 Å². The van der Waals surface area contributed by atoms with E-state index in [9.17, 15) is 23.5 Å². The van der Waals surface area contributed by atoms with Gasteiger partial charge in [-0.2, -0.15) is 18.4 Å². The lowest BCUT2D eigenvalue weighted by Gasteiger charge is -2.04. The maximum absolute atomic E-state index is 12.8. The van der Waals surface area contributed by atoms with Gasteiger partial charge in [0, 0.05) is 10.9 Å². The van der Waals surface area contributed by atoms with Gasteiger partial charge in [0.25, 0.3) is 0 Å². The van der Waals surface area contributed by atoms with Gasteiger partial charge in [-0.25, -0.2) is 4.98 Å². The van der Waals surface area contributed by atoms with E-state index < -0.39 is 11.7 Å². The summed E-state index contributed by atoms with van der Waals surface area (Å²) in [4.78, 5) is 4.11. The largest absolute Gasteiger partial charge is 0.510 e. The average molecular weight is 439 g/mol. The summed E-state index contributed by atoms with van der Waals surface area (Å²) in [5.41, 5.74) is 0.0917. The van der Waals surface area contributed by atoms with Crippen LogP contribution in [0.5, 0.6) is 0 Å². The highest BCUT2D eigenvalue weighted by atomic mass is 79.9. The molecule has 3 nitrogen and oxygen atoms in total. The second kappa shape index (κ2) is 7.09. The van der Waals surface area contributed by atoms with E-state index in [1.165, 1.54) is 6.07 Å². The highest BCUT2D eigenvalue weighted by molar-refractivity contribution is 9.10. The van der Waals surface area contributed by atoms with Gasteiger partial charge in [0.1, 0.15) is 22.4 Å². The Morgan fingerprint density at radius 3 is 2.50 bits per heavy atom. The van der Waals surface area contributed by atoms with Crippen LogP contribution in [0.25, 0.3) is 15.8 Å². The van der Waals surface area contributed by atoms with E-state index in [0.717, 1.165) is 33.5 Å². The molecule has 0 saturated carbocycles. The number of aliphatic hydroxyl groups is 1. The van der Waals surface area contributed by atoms with Gasteiger partial charge >= 0.3 is 6.18 Å². The summed E-state index contributed by atoms with van der Waals surface area (Å²) < 4.78 is 39.8. The molecular formula is C18H10BrF3N2OS. The van der Waals surface area contributed by atoms with Gasteiger partial charge in [-0.15, -0.1) is 11.3 Å². The zero-order chi connectivity index (χ0) is 18.9. The fraction of sp³-hybridized carbons (Fsp3) is 0.111. The van der Waals surface area contributed by atoms with Crippen molar-refractivity contribution in [3.05, 3.63) is 68.8 Å². The summed E-state index contributed by atoms with van der Waals surface area (Å²) in [6.45, 7) is 0. The molecule has 0 radical (unpaired) electrons. The van der Waals surface area contributed by atoms with Crippen molar-refractivity contribution in [2.75, 3.05) is 0 Å². The van der Waals surface area contributed by atoms with Crippen LogP contribution in [-0.2, 0) is 12.6 Å². The minimum atomic E-state index is -4.46. The van der Waals surface area contributed by atoms with Crippen LogP contribution < -0.4 is 0 Å². The summed E-state index contributed by atoms with van der Waals surface area (Å²) in [6.07, 6.45) is -4.34. The number of hydrogen-bond donors (Lipinski definition) is 1. The molecule has 0 bridgehead atoms. The summed E-state index contributed by atoms with van der Waals surface area (Å²) >= 11 is 4.38. The number of aliphatic hydroxyl groups excluding tert-OH is 1. The van der Waals surface area contributed by atoms with E-state index in [1.807, 2.05) is 18.2 Å². The molecular weight excluding hydrogens is 429 g/mol. The quantitative estimate of drug-likeness (QED) is 0.396. The molecule has 0 fully saturated rings. The maximum Gasteiger partial charge on any atom is 0.416 e. The van der Waals surface area contributed by atoms with Crippen LogP contribution in [0.3, 0.4) is 0 Å². The molecule has 0 aliphatic rings. The van der Waals surface area contributed by atoms with E-state index in [2.05, 4.69) is 20.9 Å². The van der Waals surface area contributed by atoms with Gasteiger partial charge in [-0.05, 0) is 35.9 Å². The summed E-state index contributed by atoms with van der Waals surface area (Å²) in [6, 6.07) is 12.3. The molecule has 1 aromatic heterocycles. The summed E-state index contributed by atoms with van der Waals surface area (Å²) in [5, 5.41) is 19.9. The van der Waals surface area contributed by atoms with E-state index in [-0.39, 0.29) is 28.3 Å². The van der Waals surface area contributed by atoms with Crippen LogP contribution in [0.15, 0.2) is 52.7 Å². The zero-order valence-corrected chi connectivity index (χ0v) is 15.4. The fourth-order valence-corrected chi connectivity index (χ4v) is 3.56. The van der Waals surface area contributed by atoms with Gasteiger partial charge < -0.3 is 5.11 Å². The van der Waals surface area contributed by atoms with Crippen molar-refractivity contribution < 1.29 is 18.3 Å². The number of benzene rings is 2. The van der Waals surface area contributed by atoms with Gasteiger partial charge in [0.2, 0.25) is 0 Å². The summed E-state index contributed by atoms with van der Waals surface area (Å²) in [7, 11) is 0. The summed E-state index contributed by atoms with van der Waals surface area (Å²) in [5.74, 6) is -0.176. The molecule has 2 aromatic carbocycles. The van der Waals surface area contributed by atoms with Gasteiger partial charge in [-0.1, -0.05) is 28.1 Å². The topological polar surface area (TPSA) is 56.9 Å². The third-order valence-electron chi connectivity index (χ3n) is 3.61. The third-order valence-corrected chi connectivity index (χ3v) is 5.20. The lowest BCUT2D eigenvalue weighted by molar-refractivity contribution is -0.137. The number of alkyl halides is 3. The van der Waals surface area contributed by atoms with E-state index in [4.69, 9.17) is 0 Å². The van der Waals surface area contributed by atoms with Crippen molar-refractivity contribution in [3.8, 4) is 6.07 Å². The van der Waals surface area contributed by atoms with Crippen LogP contribution in [0.4, 0.5) is 13.2 Å². The number of halogens is 4. The van der Waals surface area contributed by atoms with Crippen molar-refractivity contribution in [2.24, 2.45) is 0 Å². The van der Waals surface area contributed by atoms with Gasteiger partial charge in [0.05, 0.1) is 15.8 Å². The molecule has 3 rings (SSSR count). The number of allylic oxidation sites excluding steroid dienone is 2. The van der Waals surface area contributed by atoms with E-state index >= 15 is 0 Å². The molecule has 26 heavy (non-hydrogen) atoms. The Balaban J connectivity index is 1.99. The Morgan fingerprint density at radius 2 is 1.88 bits per heavy atom. The van der Waals surface area contributed by atoms with Crippen LogP contribution in [0.1, 0.15) is 16.1 Å². The van der Waals surface area contributed by atoms with Crippen LogP contribution >= 0.6 is 27.3 Å². The Kier molecular flexibility index (Phi) is 5.03. The minimum Gasteiger partial charge on any atom is -0.510 e. The first kappa shape index (κ1) is 18.4. The first-order valence-electron chi connectivity index (χ1n) is 7.33. The first-order valence-corrected chi connectivity index (χ1v) is 8.93. The molecule has 1 N–H and O–H groups in total. The standard InChI is InChI=1S/C18H10BrF3N2OS/c19-12-4-1-10(2-5-12)7-15(25)13(9-23)17-24-14-8-11(18(20,21)22)3-6-16(14)26-17/h1-6,8,25H,7H2/b15-13-. The number of rotatable bonds is 3. The molecule has 0 saturated heterocycles. The Bertz CT molecular complexity index is 1030. The molecule has 132 valence electrons. The highest BCUT2D eigenvalue weighted by Crippen LogP contribution is 2.34. The SMILES string of the molecule is N#C/C(=C(/O)Cc1ccc(Br)cc1)c1nc2cc(C(F)(F)F)ccc2s1. The second-order valence-electron chi connectivity index (χ2n) is 5.44. The minimum absolute atomic E-state index is 0.0392. The van der Waals surface area contributed by atoms with E-state index in [0.29, 0.717) is 4.70 Å². The maximum atomic E-state index is 12.8. The number of nitriles is 1. The van der Waals surface area contributed by atoms with Gasteiger partial charge in [-0.3, -0.25) is 0 Å². The normalized spacial score (nSPS) is 12.7. The zero-order valence-electron chi connectivity index (χ0n) is 13.0. The Hall–Kier alpha value is -2.37. The van der Waals surface area contributed by atoms with Crippen molar-refractivity contribution in [3.63, 3.8) is 0 Å². The number of aromatic nitrogens is 1. The molecule has 1 heterocycles.